The molecule has 0 aromatic rings. The smallest absolute Gasteiger partial charge is 0.302 e. The van der Waals surface area contributed by atoms with E-state index in [2.05, 4.69) is 0 Å². The van der Waals surface area contributed by atoms with Gasteiger partial charge in [0.1, 0.15) is 0 Å². The van der Waals surface area contributed by atoms with Crippen LogP contribution in [0.2, 0.25) is 0 Å². The molecule has 2 atom stereocenters. The van der Waals surface area contributed by atoms with Gasteiger partial charge in [0, 0.05) is 25.7 Å². The van der Waals surface area contributed by atoms with Crippen molar-refractivity contribution in [2.45, 2.75) is 13.8 Å². The van der Waals surface area contributed by atoms with Crippen molar-refractivity contribution in [2.24, 2.45) is 11.8 Å². The standard InChI is InChI=1S/C10H14O4/c1-7(11)13-5-9-3-4-10(9)6-14-8(2)12/h3-4,9-10H,5-6H2,1-2H3/t9-,10+. The number of rotatable bonds is 4. The fraction of sp³-hybridized carbons (Fsp3) is 0.600. The van der Waals surface area contributed by atoms with Gasteiger partial charge in [0.25, 0.3) is 0 Å². The maximum atomic E-state index is 10.5. The fourth-order valence-electron chi connectivity index (χ4n) is 1.21. The monoisotopic (exact) mass is 198 g/mol. The van der Waals surface area contributed by atoms with Crippen LogP contribution in [-0.4, -0.2) is 25.2 Å². The summed E-state index contributed by atoms with van der Waals surface area (Å²) in [6, 6.07) is 0. The van der Waals surface area contributed by atoms with Crippen LogP contribution in [-0.2, 0) is 19.1 Å². The second kappa shape index (κ2) is 4.79. The molecule has 4 heteroatoms. The van der Waals surface area contributed by atoms with Crippen LogP contribution in [0.4, 0.5) is 0 Å². The van der Waals surface area contributed by atoms with Crippen LogP contribution in [0.25, 0.3) is 0 Å². The lowest BCUT2D eigenvalue weighted by Gasteiger charge is -2.28. The molecule has 1 aliphatic rings. The highest BCUT2D eigenvalue weighted by Crippen LogP contribution is 2.25. The topological polar surface area (TPSA) is 52.6 Å². The molecule has 14 heavy (non-hydrogen) atoms. The predicted molar refractivity (Wildman–Crippen MR) is 49.4 cm³/mol. The van der Waals surface area contributed by atoms with E-state index in [9.17, 15) is 9.59 Å². The lowest BCUT2D eigenvalue weighted by molar-refractivity contribution is -0.146. The highest BCUT2D eigenvalue weighted by molar-refractivity contribution is 5.66. The molecule has 0 unspecified atom stereocenters. The largest absolute Gasteiger partial charge is 0.465 e. The molecular weight excluding hydrogens is 184 g/mol. The van der Waals surface area contributed by atoms with Crippen LogP contribution in [0, 0.1) is 11.8 Å². The Bertz CT molecular complexity index is 231. The Morgan fingerprint density at radius 1 is 1.00 bits per heavy atom. The van der Waals surface area contributed by atoms with E-state index in [1.54, 1.807) is 0 Å². The Balaban J connectivity index is 2.19. The third-order valence-corrected chi connectivity index (χ3v) is 2.11. The molecule has 0 N–H and O–H groups in total. The first-order valence-electron chi connectivity index (χ1n) is 4.54. The molecule has 0 fully saturated rings. The summed E-state index contributed by atoms with van der Waals surface area (Å²) in [5.74, 6) is -0.176. The van der Waals surface area contributed by atoms with E-state index in [4.69, 9.17) is 9.47 Å². The zero-order valence-electron chi connectivity index (χ0n) is 8.36. The molecule has 0 radical (unpaired) electrons. The normalized spacial score (nSPS) is 23.9. The lowest BCUT2D eigenvalue weighted by Crippen LogP contribution is -2.29. The van der Waals surface area contributed by atoms with Crippen molar-refractivity contribution in [1.29, 1.82) is 0 Å². The van der Waals surface area contributed by atoms with Gasteiger partial charge >= 0.3 is 11.9 Å². The van der Waals surface area contributed by atoms with Gasteiger partial charge in [0.05, 0.1) is 13.2 Å². The van der Waals surface area contributed by atoms with Crippen molar-refractivity contribution in [2.75, 3.05) is 13.2 Å². The van der Waals surface area contributed by atoms with Gasteiger partial charge in [-0.2, -0.15) is 0 Å². The summed E-state index contributed by atoms with van der Waals surface area (Å²) in [6.07, 6.45) is 3.91. The van der Waals surface area contributed by atoms with Crippen LogP contribution < -0.4 is 0 Å². The van der Waals surface area contributed by atoms with Gasteiger partial charge in [-0.15, -0.1) is 0 Å². The maximum Gasteiger partial charge on any atom is 0.302 e. The molecule has 0 aromatic heterocycles. The fourth-order valence-corrected chi connectivity index (χ4v) is 1.21. The number of hydrogen-bond acceptors (Lipinski definition) is 4. The van der Waals surface area contributed by atoms with Gasteiger partial charge in [-0.3, -0.25) is 9.59 Å². The molecule has 1 aliphatic carbocycles. The van der Waals surface area contributed by atoms with E-state index in [1.807, 2.05) is 12.2 Å². The van der Waals surface area contributed by atoms with Gasteiger partial charge in [-0.1, -0.05) is 12.2 Å². The molecule has 0 spiro atoms. The molecule has 0 saturated carbocycles. The van der Waals surface area contributed by atoms with Crippen molar-refractivity contribution in [3.05, 3.63) is 12.2 Å². The van der Waals surface area contributed by atoms with Crippen molar-refractivity contribution >= 4 is 11.9 Å². The minimum atomic E-state index is -0.281. The molecule has 0 heterocycles. The Morgan fingerprint density at radius 2 is 1.36 bits per heavy atom. The molecular formula is C10H14O4. The third-order valence-electron chi connectivity index (χ3n) is 2.11. The van der Waals surface area contributed by atoms with Crippen molar-refractivity contribution in [3.8, 4) is 0 Å². The highest BCUT2D eigenvalue weighted by atomic mass is 16.5. The Kier molecular flexibility index (Phi) is 3.68. The first kappa shape index (κ1) is 10.8. The summed E-state index contributed by atoms with van der Waals surface area (Å²) < 4.78 is 9.70. The van der Waals surface area contributed by atoms with Crippen LogP contribution >= 0.6 is 0 Å². The number of esters is 2. The summed E-state index contributed by atoms with van der Waals surface area (Å²) in [6.45, 7) is 3.50. The highest BCUT2D eigenvalue weighted by Gasteiger charge is 2.25. The minimum Gasteiger partial charge on any atom is -0.465 e. The van der Waals surface area contributed by atoms with Crippen LogP contribution in [0.1, 0.15) is 13.8 Å². The average Bonchev–Trinajstić information content (AvgIpc) is 2.01. The zero-order chi connectivity index (χ0) is 10.6. The quantitative estimate of drug-likeness (QED) is 0.497. The van der Waals surface area contributed by atoms with Crippen molar-refractivity contribution in [3.63, 3.8) is 0 Å². The van der Waals surface area contributed by atoms with Gasteiger partial charge in [0.2, 0.25) is 0 Å². The first-order valence-corrected chi connectivity index (χ1v) is 4.54. The molecule has 4 nitrogen and oxygen atoms in total. The minimum absolute atomic E-state index is 0.193. The number of carbonyl (C=O) groups is 2. The lowest BCUT2D eigenvalue weighted by atomic mass is 9.83. The Labute approximate surface area is 82.9 Å². The van der Waals surface area contributed by atoms with Crippen LogP contribution in [0.3, 0.4) is 0 Å². The molecule has 0 saturated heterocycles. The van der Waals surface area contributed by atoms with Gasteiger partial charge in [-0.05, 0) is 0 Å². The van der Waals surface area contributed by atoms with E-state index in [0.717, 1.165) is 0 Å². The molecule has 0 aromatic carbocycles. The summed E-state index contributed by atoms with van der Waals surface area (Å²) in [5, 5.41) is 0. The first-order chi connectivity index (χ1) is 6.59. The van der Waals surface area contributed by atoms with Crippen LogP contribution in [0.15, 0.2) is 12.2 Å². The maximum absolute atomic E-state index is 10.5. The number of ether oxygens (including phenoxy) is 2. The van der Waals surface area contributed by atoms with E-state index < -0.39 is 0 Å². The summed E-state index contributed by atoms with van der Waals surface area (Å²) >= 11 is 0. The summed E-state index contributed by atoms with van der Waals surface area (Å²) in [5.41, 5.74) is 0. The number of carbonyl (C=O) groups excluding carboxylic acids is 2. The molecule has 0 aliphatic heterocycles. The van der Waals surface area contributed by atoms with Gasteiger partial charge in [0.15, 0.2) is 0 Å². The summed E-state index contributed by atoms with van der Waals surface area (Å²) in [7, 11) is 0. The van der Waals surface area contributed by atoms with Gasteiger partial charge in [-0.25, -0.2) is 0 Å². The SMILES string of the molecule is CC(=O)OC[C@H]1C=C[C@H]1COC(C)=O. The van der Waals surface area contributed by atoms with Crippen molar-refractivity contribution < 1.29 is 19.1 Å². The Morgan fingerprint density at radius 3 is 1.57 bits per heavy atom. The second-order valence-corrected chi connectivity index (χ2v) is 3.32. The predicted octanol–water partition coefficient (Wildman–Crippen LogP) is 0.915. The molecule has 1 rings (SSSR count). The number of hydrogen-bond donors (Lipinski definition) is 0. The van der Waals surface area contributed by atoms with E-state index >= 15 is 0 Å². The van der Waals surface area contributed by atoms with Crippen molar-refractivity contribution in [1.82, 2.24) is 0 Å². The second-order valence-electron chi connectivity index (χ2n) is 3.32. The molecule has 0 amide bonds. The van der Waals surface area contributed by atoms with Crippen LogP contribution in [0.5, 0.6) is 0 Å². The Hall–Kier alpha value is -1.32. The van der Waals surface area contributed by atoms with E-state index in [-0.39, 0.29) is 23.8 Å². The van der Waals surface area contributed by atoms with E-state index in [1.165, 1.54) is 13.8 Å². The third kappa shape index (κ3) is 3.20. The van der Waals surface area contributed by atoms with Gasteiger partial charge < -0.3 is 9.47 Å². The zero-order valence-corrected chi connectivity index (χ0v) is 8.36. The average molecular weight is 198 g/mol. The molecule has 0 bridgehead atoms. The summed E-state index contributed by atoms with van der Waals surface area (Å²) in [4.78, 5) is 21.1. The van der Waals surface area contributed by atoms with E-state index in [0.29, 0.717) is 13.2 Å². The molecule has 78 valence electrons.